The first kappa shape index (κ1) is 25.3. The number of hydrogen-bond acceptors (Lipinski definition) is 6. The number of benzene rings is 1. The van der Waals surface area contributed by atoms with Gasteiger partial charge in [-0.3, -0.25) is 9.88 Å². The van der Waals surface area contributed by atoms with Gasteiger partial charge in [-0.1, -0.05) is 47.2 Å². The number of pyridine rings is 2. The molecule has 0 saturated carbocycles. The molecule has 1 N–H and O–H groups in total. The minimum atomic E-state index is -5.08. The molecule has 1 fully saturated rings. The van der Waals surface area contributed by atoms with E-state index >= 15 is 0 Å². The molecule has 36 heavy (non-hydrogen) atoms. The summed E-state index contributed by atoms with van der Waals surface area (Å²) in [4.78, 5) is 15.7. The first-order chi connectivity index (χ1) is 17.2. The Balaban J connectivity index is 0.000000384. The number of aliphatic carboxylic acids is 1. The second-order valence-corrected chi connectivity index (χ2v) is 8.31. The molecule has 0 radical (unpaired) electrons. The van der Waals surface area contributed by atoms with E-state index in [0.717, 1.165) is 42.1 Å². The van der Waals surface area contributed by atoms with Crippen LogP contribution in [-0.2, 0) is 16.1 Å². The van der Waals surface area contributed by atoms with Crippen molar-refractivity contribution in [3.63, 3.8) is 0 Å². The van der Waals surface area contributed by atoms with Crippen molar-refractivity contribution in [1.29, 1.82) is 0 Å². The van der Waals surface area contributed by atoms with Gasteiger partial charge >= 0.3 is 12.1 Å². The standard InChI is InChI=1S/C23H23N5O.C2HF3O2/c1-17-5-7-18(8-6-17)19-9-10-21-23(25-26-28(21)14-19)22-16-27(12-13-29-22)15-20-4-2-3-11-24-20;3-2(4,5)1(6)7/h2-11,14,22H,12-13,15-16H2,1H3;(H,6,7). The third-order valence-electron chi connectivity index (χ3n) is 5.63. The van der Waals surface area contributed by atoms with Crippen LogP contribution in [0.3, 0.4) is 0 Å². The first-order valence-corrected chi connectivity index (χ1v) is 11.2. The molecule has 1 aromatic carbocycles. The van der Waals surface area contributed by atoms with E-state index in [1.807, 2.05) is 29.0 Å². The molecule has 1 aliphatic rings. The molecule has 5 rings (SSSR count). The van der Waals surface area contributed by atoms with Gasteiger partial charge in [0.15, 0.2) is 0 Å². The molecule has 0 amide bonds. The van der Waals surface area contributed by atoms with Crippen LogP contribution in [0.5, 0.6) is 0 Å². The summed E-state index contributed by atoms with van der Waals surface area (Å²) in [6.07, 6.45) is -1.30. The largest absolute Gasteiger partial charge is 0.490 e. The summed E-state index contributed by atoms with van der Waals surface area (Å²) in [5, 5.41) is 15.9. The molecular formula is C25H24F3N5O3. The lowest BCUT2D eigenvalue weighted by molar-refractivity contribution is -0.192. The van der Waals surface area contributed by atoms with E-state index in [9.17, 15) is 13.2 Å². The highest BCUT2D eigenvalue weighted by Crippen LogP contribution is 2.27. The van der Waals surface area contributed by atoms with Gasteiger partial charge < -0.3 is 9.84 Å². The van der Waals surface area contributed by atoms with Crippen LogP contribution in [0.15, 0.2) is 67.0 Å². The molecule has 1 aliphatic heterocycles. The van der Waals surface area contributed by atoms with E-state index in [2.05, 4.69) is 69.6 Å². The molecule has 4 aromatic rings. The second-order valence-electron chi connectivity index (χ2n) is 8.31. The smallest absolute Gasteiger partial charge is 0.475 e. The Morgan fingerprint density at radius 2 is 1.83 bits per heavy atom. The molecule has 188 valence electrons. The molecule has 3 aromatic heterocycles. The van der Waals surface area contributed by atoms with E-state index < -0.39 is 12.1 Å². The van der Waals surface area contributed by atoms with Gasteiger partial charge in [-0.2, -0.15) is 13.2 Å². The summed E-state index contributed by atoms with van der Waals surface area (Å²) in [7, 11) is 0. The number of rotatable bonds is 4. The highest BCUT2D eigenvalue weighted by atomic mass is 19.4. The van der Waals surface area contributed by atoms with Crippen molar-refractivity contribution in [2.24, 2.45) is 0 Å². The zero-order valence-corrected chi connectivity index (χ0v) is 19.4. The van der Waals surface area contributed by atoms with Crippen LogP contribution in [0.1, 0.15) is 23.1 Å². The Bertz CT molecular complexity index is 1310. The van der Waals surface area contributed by atoms with E-state index in [1.54, 1.807) is 0 Å². The Kier molecular flexibility index (Phi) is 7.61. The van der Waals surface area contributed by atoms with Crippen LogP contribution in [0.4, 0.5) is 13.2 Å². The summed E-state index contributed by atoms with van der Waals surface area (Å²) >= 11 is 0. The molecule has 1 saturated heterocycles. The predicted octanol–water partition coefficient (Wildman–Crippen LogP) is 4.31. The predicted molar refractivity (Wildman–Crippen MR) is 125 cm³/mol. The van der Waals surface area contributed by atoms with Crippen LogP contribution in [-0.4, -0.2) is 61.7 Å². The molecule has 1 unspecified atom stereocenters. The number of fused-ring (bicyclic) bond motifs is 1. The maximum Gasteiger partial charge on any atom is 0.490 e. The third-order valence-corrected chi connectivity index (χ3v) is 5.63. The summed E-state index contributed by atoms with van der Waals surface area (Å²) in [6, 6.07) is 18.8. The minimum absolute atomic E-state index is 0.0878. The fraction of sp³-hybridized carbons (Fsp3) is 0.280. The van der Waals surface area contributed by atoms with Crippen LogP contribution in [0.2, 0.25) is 0 Å². The van der Waals surface area contributed by atoms with Crippen LogP contribution >= 0.6 is 0 Å². The van der Waals surface area contributed by atoms with Crippen LogP contribution in [0, 0.1) is 6.92 Å². The maximum atomic E-state index is 10.6. The number of alkyl halides is 3. The quantitative estimate of drug-likeness (QED) is 0.447. The van der Waals surface area contributed by atoms with Gasteiger partial charge in [-0.05, 0) is 30.7 Å². The van der Waals surface area contributed by atoms with Crippen molar-refractivity contribution in [2.75, 3.05) is 19.7 Å². The fourth-order valence-electron chi connectivity index (χ4n) is 3.79. The zero-order chi connectivity index (χ0) is 25.7. The maximum absolute atomic E-state index is 10.6. The lowest BCUT2D eigenvalue weighted by atomic mass is 10.1. The average Bonchev–Trinajstić information content (AvgIpc) is 3.28. The van der Waals surface area contributed by atoms with Crippen LogP contribution in [0.25, 0.3) is 16.6 Å². The number of ether oxygens (including phenoxy) is 1. The molecule has 11 heteroatoms. The van der Waals surface area contributed by atoms with Crippen molar-refractivity contribution in [3.8, 4) is 11.1 Å². The average molecular weight is 499 g/mol. The van der Waals surface area contributed by atoms with Crippen LogP contribution < -0.4 is 0 Å². The lowest BCUT2D eigenvalue weighted by Gasteiger charge is -2.31. The Morgan fingerprint density at radius 1 is 1.11 bits per heavy atom. The van der Waals surface area contributed by atoms with E-state index in [1.165, 1.54) is 11.1 Å². The monoisotopic (exact) mass is 499 g/mol. The Hall–Kier alpha value is -3.83. The summed E-state index contributed by atoms with van der Waals surface area (Å²) < 4.78 is 39.6. The number of hydrogen-bond donors (Lipinski definition) is 1. The summed E-state index contributed by atoms with van der Waals surface area (Å²) in [5.74, 6) is -2.76. The van der Waals surface area contributed by atoms with Crippen molar-refractivity contribution >= 4 is 11.5 Å². The first-order valence-electron chi connectivity index (χ1n) is 11.2. The fourth-order valence-corrected chi connectivity index (χ4v) is 3.79. The molecule has 8 nitrogen and oxygen atoms in total. The molecule has 0 bridgehead atoms. The summed E-state index contributed by atoms with van der Waals surface area (Å²) in [6.45, 7) is 5.27. The van der Waals surface area contributed by atoms with E-state index in [4.69, 9.17) is 14.6 Å². The SMILES string of the molecule is Cc1ccc(-c2ccc3c(C4CN(Cc5ccccn5)CCO4)nnn3c2)cc1.O=C(O)C(F)(F)F. The van der Waals surface area contributed by atoms with Crippen molar-refractivity contribution in [2.45, 2.75) is 25.7 Å². The van der Waals surface area contributed by atoms with Gasteiger partial charge in [0.05, 0.1) is 17.8 Å². The van der Waals surface area contributed by atoms with Gasteiger partial charge in [0.1, 0.15) is 11.8 Å². The molecule has 1 atom stereocenters. The van der Waals surface area contributed by atoms with Crippen molar-refractivity contribution < 1.29 is 27.8 Å². The number of carboxylic acids is 1. The van der Waals surface area contributed by atoms with Crippen molar-refractivity contribution in [1.82, 2.24) is 24.7 Å². The number of morpholine rings is 1. The third kappa shape index (κ3) is 6.23. The topological polar surface area (TPSA) is 92.9 Å². The van der Waals surface area contributed by atoms with E-state index in [-0.39, 0.29) is 6.10 Å². The molecular weight excluding hydrogens is 475 g/mol. The number of aryl methyl sites for hydroxylation is 1. The van der Waals surface area contributed by atoms with Gasteiger partial charge in [0.25, 0.3) is 0 Å². The number of nitrogens with zero attached hydrogens (tertiary/aromatic N) is 5. The molecule has 4 heterocycles. The summed E-state index contributed by atoms with van der Waals surface area (Å²) in [5.41, 5.74) is 6.50. The Morgan fingerprint density at radius 3 is 2.50 bits per heavy atom. The Labute approximate surface area is 205 Å². The van der Waals surface area contributed by atoms with Gasteiger partial charge in [0, 0.05) is 37.6 Å². The number of halogens is 3. The van der Waals surface area contributed by atoms with Crippen molar-refractivity contribution in [3.05, 3.63) is 83.9 Å². The second kappa shape index (κ2) is 10.8. The van der Waals surface area contributed by atoms with E-state index in [0.29, 0.717) is 6.61 Å². The molecule has 0 spiro atoms. The highest BCUT2D eigenvalue weighted by Gasteiger charge is 2.38. The number of carbonyl (C=O) groups is 1. The highest BCUT2D eigenvalue weighted by molar-refractivity contribution is 5.73. The number of aromatic nitrogens is 4. The lowest BCUT2D eigenvalue weighted by Crippen LogP contribution is -2.38. The van der Waals surface area contributed by atoms with Gasteiger partial charge in [0.2, 0.25) is 0 Å². The number of carboxylic acid groups (broad SMARTS) is 1. The minimum Gasteiger partial charge on any atom is -0.475 e. The van der Waals surface area contributed by atoms with Gasteiger partial charge in [-0.25, -0.2) is 9.31 Å². The van der Waals surface area contributed by atoms with Gasteiger partial charge in [-0.15, -0.1) is 5.10 Å². The molecule has 0 aliphatic carbocycles. The zero-order valence-electron chi connectivity index (χ0n) is 19.4. The normalized spacial score (nSPS) is 16.4.